The number of ether oxygens (including phenoxy) is 1. The number of benzene rings is 1. The molecule has 0 radical (unpaired) electrons. The minimum absolute atomic E-state index is 0.279. The van der Waals surface area contributed by atoms with Crippen molar-refractivity contribution in [3.8, 4) is 5.75 Å². The summed E-state index contributed by atoms with van der Waals surface area (Å²) in [6.45, 7) is 2.49. The van der Waals surface area contributed by atoms with Crippen LogP contribution in [0.4, 0.5) is 4.39 Å². The smallest absolute Gasteiger partial charge is 0.307 e. The standard InChI is InChI=1S/C17H19FN2O3S/c18-13-3-5-15(6-4-13)23-10-16-19-14(11-24-16)9-20-7-1-2-12(8-20)17(21)22/h3-6,11-12H,1-2,7-10H2,(H,21,22). The molecule has 1 aromatic heterocycles. The number of carboxylic acid groups (broad SMARTS) is 1. The molecule has 5 nitrogen and oxygen atoms in total. The first-order valence-corrected chi connectivity index (χ1v) is 8.75. The molecule has 24 heavy (non-hydrogen) atoms. The van der Waals surface area contributed by atoms with E-state index < -0.39 is 5.97 Å². The molecule has 3 rings (SSSR count). The molecule has 2 aromatic rings. The van der Waals surface area contributed by atoms with E-state index in [0.29, 0.717) is 25.4 Å². The summed E-state index contributed by atoms with van der Waals surface area (Å²) in [6.07, 6.45) is 1.65. The third-order valence-electron chi connectivity index (χ3n) is 4.02. The predicted molar refractivity (Wildman–Crippen MR) is 88.5 cm³/mol. The van der Waals surface area contributed by atoms with Crippen molar-refractivity contribution in [2.75, 3.05) is 13.1 Å². The lowest BCUT2D eigenvalue weighted by Crippen LogP contribution is -2.38. The molecule has 1 unspecified atom stereocenters. The Morgan fingerprint density at radius 2 is 2.21 bits per heavy atom. The van der Waals surface area contributed by atoms with E-state index in [9.17, 15) is 9.18 Å². The van der Waals surface area contributed by atoms with Crippen LogP contribution >= 0.6 is 11.3 Å². The van der Waals surface area contributed by atoms with Crippen molar-refractivity contribution in [1.29, 1.82) is 0 Å². The Hall–Kier alpha value is -1.99. The monoisotopic (exact) mass is 350 g/mol. The van der Waals surface area contributed by atoms with Crippen molar-refractivity contribution >= 4 is 17.3 Å². The second-order valence-corrected chi connectivity index (χ2v) is 6.83. The van der Waals surface area contributed by atoms with Gasteiger partial charge in [0, 0.05) is 18.5 Å². The lowest BCUT2D eigenvalue weighted by molar-refractivity contribution is -0.143. The molecule has 1 aromatic carbocycles. The van der Waals surface area contributed by atoms with Crippen molar-refractivity contribution in [2.24, 2.45) is 5.92 Å². The summed E-state index contributed by atoms with van der Waals surface area (Å²) >= 11 is 1.51. The quantitative estimate of drug-likeness (QED) is 0.867. The summed E-state index contributed by atoms with van der Waals surface area (Å²) < 4.78 is 18.4. The van der Waals surface area contributed by atoms with Gasteiger partial charge in [-0.2, -0.15) is 0 Å². The van der Waals surface area contributed by atoms with E-state index in [1.807, 2.05) is 5.38 Å². The molecule has 0 spiro atoms. The molecule has 7 heteroatoms. The molecule has 128 valence electrons. The first-order chi connectivity index (χ1) is 11.6. The average molecular weight is 350 g/mol. The number of aromatic nitrogens is 1. The summed E-state index contributed by atoms with van der Waals surface area (Å²) in [4.78, 5) is 17.8. The fourth-order valence-corrected chi connectivity index (χ4v) is 3.49. The maximum absolute atomic E-state index is 12.8. The number of nitrogens with zero attached hydrogens (tertiary/aromatic N) is 2. The molecule has 1 saturated heterocycles. The molecule has 2 heterocycles. The zero-order chi connectivity index (χ0) is 16.9. The van der Waals surface area contributed by atoms with Crippen molar-refractivity contribution in [3.63, 3.8) is 0 Å². The Morgan fingerprint density at radius 1 is 1.42 bits per heavy atom. The third kappa shape index (κ3) is 4.52. The van der Waals surface area contributed by atoms with E-state index in [2.05, 4.69) is 9.88 Å². The Kier molecular flexibility index (Phi) is 5.42. The van der Waals surface area contributed by atoms with Crippen LogP contribution in [0.5, 0.6) is 5.75 Å². The Balaban J connectivity index is 1.51. The van der Waals surface area contributed by atoms with Crippen molar-refractivity contribution in [1.82, 2.24) is 9.88 Å². The van der Waals surface area contributed by atoms with Crippen LogP contribution in [0.1, 0.15) is 23.5 Å². The highest BCUT2D eigenvalue weighted by Crippen LogP contribution is 2.20. The fraction of sp³-hybridized carbons (Fsp3) is 0.412. The minimum Gasteiger partial charge on any atom is -0.486 e. The number of hydrogen-bond acceptors (Lipinski definition) is 5. The van der Waals surface area contributed by atoms with E-state index in [4.69, 9.17) is 9.84 Å². The van der Waals surface area contributed by atoms with Gasteiger partial charge in [-0.3, -0.25) is 9.69 Å². The Bertz CT molecular complexity index is 689. The number of halogens is 1. The number of carboxylic acids is 1. The minimum atomic E-state index is -0.716. The molecule has 1 atom stereocenters. The number of likely N-dealkylation sites (tertiary alicyclic amines) is 1. The van der Waals surface area contributed by atoms with Gasteiger partial charge in [-0.1, -0.05) is 0 Å². The second-order valence-electron chi connectivity index (χ2n) is 5.89. The van der Waals surface area contributed by atoms with Crippen LogP contribution in [0.15, 0.2) is 29.6 Å². The lowest BCUT2D eigenvalue weighted by atomic mass is 9.98. The first kappa shape index (κ1) is 16.9. The molecule has 0 amide bonds. The maximum atomic E-state index is 12.8. The molecule has 1 N–H and O–H groups in total. The van der Waals surface area contributed by atoms with Gasteiger partial charge in [0.1, 0.15) is 23.2 Å². The summed E-state index contributed by atoms with van der Waals surface area (Å²) in [5.74, 6) is -0.682. The zero-order valence-corrected chi connectivity index (χ0v) is 14.0. The largest absolute Gasteiger partial charge is 0.486 e. The summed E-state index contributed by atoms with van der Waals surface area (Å²) in [5.41, 5.74) is 0.934. The highest BCUT2D eigenvalue weighted by Gasteiger charge is 2.25. The van der Waals surface area contributed by atoms with Crippen LogP contribution in [0.2, 0.25) is 0 Å². The van der Waals surface area contributed by atoms with Gasteiger partial charge in [0.05, 0.1) is 11.6 Å². The Labute approximate surface area is 143 Å². The van der Waals surface area contributed by atoms with Crippen molar-refractivity contribution in [3.05, 3.63) is 46.2 Å². The van der Waals surface area contributed by atoms with Crippen LogP contribution in [0, 0.1) is 11.7 Å². The van der Waals surface area contributed by atoms with Crippen LogP contribution in [-0.4, -0.2) is 34.0 Å². The molecule has 0 aliphatic carbocycles. The number of carbonyl (C=O) groups is 1. The molecule has 1 aliphatic heterocycles. The van der Waals surface area contributed by atoms with Gasteiger partial charge in [-0.05, 0) is 43.7 Å². The first-order valence-electron chi connectivity index (χ1n) is 7.87. The van der Waals surface area contributed by atoms with Crippen LogP contribution in [0.25, 0.3) is 0 Å². The highest BCUT2D eigenvalue weighted by atomic mass is 32.1. The van der Waals surface area contributed by atoms with E-state index in [0.717, 1.165) is 30.1 Å². The van der Waals surface area contributed by atoms with Gasteiger partial charge in [-0.25, -0.2) is 9.37 Å². The number of rotatable bonds is 6. The van der Waals surface area contributed by atoms with Gasteiger partial charge in [-0.15, -0.1) is 11.3 Å². The van der Waals surface area contributed by atoms with Gasteiger partial charge in [0.2, 0.25) is 0 Å². The zero-order valence-electron chi connectivity index (χ0n) is 13.2. The van der Waals surface area contributed by atoms with E-state index in [1.165, 1.54) is 23.5 Å². The third-order valence-corrected chi connectivity index (χ3v) is 4.89. The molecule has 0 saturated carbocycles. The van der Waals surface area contributed by atoms with Crippen LogP contribution < -0.4 is 4.74 Å². The molecular weight excluding hydrogens is 331 g/mol. The molecular formula is C17H19FN2O3S. The normalized spacial score (nSPS) is 18.5. The van der Waals surface area contributed by atoms with E-state index in [-0.39, 0.29) is 11.7 Å². The SMILES string of the molecule is O=C(O)C1CCCN(Cc2csc(COc3ccc(F)cc3)n2)C1. The fourth-order valence-electron chi connectivity index (χ4n) is 2.79. The summed E-state index contributed by atoms with van der Waals surface area (Å²) in [7, 11) is 0. The van der Waals surface area contributed by atoms with Crippen molar-refractivity contribution < 1.29 is 19.0 Å². The van der Waals surface area contributed by atoms with E-state index >= 15 is 0 Å². The number of hydrogen-bond donors (Lipinski definition) is 1. The van der Waals surface area contributed by atoms with Crippen LogP contribution in [0.3, 0.4) is 0 Å². The average Bonchev–Trinajstić information content (AvgIpc) is 3.02. The van der Waals surface area contributed by atoms with Gasteiger partial charge in [0.25, 0.3) is 0 Å². The Morgan fingerprint density at radius 3 is 2.96 bits per heavy atom. The number of thiazole rings is 1. The maximum Gasteiger partial charge on any atom is 0.307 e. The second kappa shape index (κ2) is 7.72. The summed E-state index contributed by atoms with van der Waals surface area (Å²) in [6, 6.07) is 5.89. The molecule has 1 aliphatic rings. The molecule has 1 fully saturated rings. The van der Waals surface area contributed by atoms with Crippen molar-refractivity contribution in [2.45, 2.75) is 26.0 Å². The number of piperidine rings is 1. The van der Waals surface area contributed by atoms with Gasteiger partial charge < -0.3 is 9.84 Å². The molecule has 0 bridgehead atoms. The number of aliphatic carboxylic acids is 1. The van der Waals surface area contributed by atoms with Crippen LogP contribution in [-0.2, 0) is 17.9 Å². The van der Waals surface area contributed by atoms with E-state index in [1.54, 1.807) is 12.1 Å². The topological polar surface area (TPSA) is 62.7 Å². The lowest BCUT2D eigenvalue weighted by Gasteiger charge is -2.29. The van der Waals surface area contributed by atoms with Gasteiger partial charge >= 0.3 is 5.97 Å². The van der Waals surface area contributed by atoms with Gasteiger partial charge in [0.15, 0.2) is 0 Å². The predicted octanol–water partition coefficient (Wildman–Crippen LogP) is 3.16. The highest BCUT2D eigenvalue weighted by molar-refractivity contribution is 7.09. The summed E-state index contributed by atoms with van der Waals surface area (Å²) in [5, 5.41) is 12.0.